The number of halogens is 1. The summed E-state index contributed by atoms with van der Waals surface area (Å²) in [5, 5.41) is 14.2. The minimum Gasteiger partial charge on any atom is -0.493 e. The van der Waals surface area contributed by atoms with E-state index in [1.165, 1.54) is 12.1 Å². The molecular formula is C22H22FN5O2. The minimum atomic E-state index is -0.526. The van der Waals surface area contributed by atoms with E-state index in [-0.39, 0.29) is 11.6 Å². The predicted octanol–water partition coefficient (Wildman–Crippen LogP) is 3.93. The van der Waals surface area contributed by atoms with Crippen LogP contribution in [-0.2, 0) is 13.5 Å². The van der Waals surface area contributed by atoms with E-state index >= 15 is 0 Å². The van der Waals surface area contributed by atoms with Crippen molar-refractivity contribution in [3.8, 4) is 28.7 Å². The fourth-order valence-corrected chi connectivity index (χ4v) is 3.67. The van der Waals surface area contributed by atoms with Crippen molar-refractivity contribution in [2.45, 2.75) is 32.3 Å². The molecule has 0 radical (unpaired) electrons. The fraction of sp³-hybridized carbons (Fsp3) is 0.318. The van der Waals surface area contributed by atoms with Gasteiger partial charge in [0.25, 0.3) is 0 Å². The molecule has 0 saturated heterocycles. The second-order valence-corrected chi connectivity index (χ2v) is 7.26. The van der Waals surface area contributed by atoms with Gasteiger partial charge in [0, 0.05) is 29.9 Å². The van der Waals surface area contributed by atoms with Crippen LogP contribution in [0.1, 0.15) is 42.8 Å². The summed E-state index contributed by atoms with van der Waals surface area (Å²) in [4.78, 5) is 4.26. The number of aryl methyl sites for hydroxylation is 2. The van der Waals surface area contributed by atoms with Crippen LogP contribution in [-0.4, -0.2) is 21.4 Å². The maximum Gasteiger partial charge on any atom is 0.166 e. The van der Waals surface area contributed by atoms with E-state index in [0.29, 0.717) is 41.3 Å². The third-order valence-corrected chi connectivity index (χ3v) is 5.18. The van der Waals surface area contributed by atoms with Gasteiger partial charge in [0.2, 0.25) is 0 Å². The van der Waals surface area contributed by atoms with Crippen LogP contribution < -0.4 is 15.2 Å². The number of nitrogens with zero attached hydrogens (tertiary/aromatic N) is 4. The summed E-state index contributed by atoms with van der Waals surface area (Å²) in [6.07, 6.45) is 3.39. The van der Waals surface area contributed by atoms with Crippen molar-refractivity contribution >= 4 is 5.82 Å². The molecule has 2 N–H and O–H groups in total. The number of aromatic nitrogens is 3. The van der Waals surface area contributed by atoms with Crippen LogP contribution in [0.4, 0.5) is 10.2 Å². The van der Waals surface area contributed by atoms with E-state index in [4.69, 9.17) is 15.2 Å². The SMILES string of the molecule is C[C@H]1Oc2cc(cnc2N)-c2c(nn(C)c2C#N)CCCCOc2ccc(F)cc21. The maximum atomic E-state index is 13.9. The van der Waals surface area contributed by atoms with Gasteiger partial charge in [0.15, 0.2) is 11.6 Å². The van der Waals surface area contributed by atoms with Crippen LogP contribution in [0.2, 0.25) is 0 Å². The van der Waals surface area contributed by atoms with Gasteiger partial charge in [-0.25, -0.2) is 9.37 Å². The Balaban J connectivity index is 1.84. The Bertz CT molecular complexity index is 1140. The number of nitriles is 1. The van der Waals surface area contributed by atoms with Crippen LogP contribution in [0.15, 0.2) is 30.5 Å². The molecule has 0 saturated carbocycles. The van der Waals surface area contributed by atoms with Gasteiger partial charge in [-0.05, 0) is 50.5 Å². The van der Waals surface area contributed by atoms with Crippen molar-refractivity contribution in [2.24, 2.45) is 7.05 Å². The smallest absolute Gasteiger partial charge is 0.166 e. The Labute approximate surface area is 173 Å². The molecule has 7 nitrogen and oxygen atoms in total. The molecule has 1 aliphatic heterocycles. The Kier molecular flexibility index (Phi) is 5.27. The molecule has 0 unspecified atom stereocenters. The van der Waals surface area contributed by atoms with Crippen molar-refractivity contribution in [3.05, 3.63) is 53.2 Å². The summed E-state index contributed by atoms with van der Waals surface area (Å²) in [7, 11) is 1.75. The molecule has 30 heavy (non-hydrogen) atoms. The molecule has 1 atom stereocenters. The van der Waals surface area contributed by atoms with Crippen molar-refractivity contribution in [2.75, 3.05) is 12.3 Å². The first-order chi connectivity index (χ1) is 14.5. The van der Waals surface area contributed by atoms with Crippen LogP contribution in [0.3, 0.4) is 0 Å². The number of hydrogen-bond acceptors (Lipinski definition) is 6. The van der Waals surface area contributed by atoms with E-state index in [9.17, 15) is 9.65 Å². The van der Waals surface area contributed by atoms with Crippen molar-refractivity contribution in [1.29, 1.82) is 5.26 Å². The van der Waals surface area contributed by atoms with E-state index in [0.717, 1.165) is 24.1 Å². The van der Waals surface area contributed by atoms with E-state index < -0.39 is 6.10 Å². The number of nitrogen functional groups attached to an aromatic ring is 1. The van der Waals surface area contributed by atoms with E-state index in [2.05, 4.69) is 16.2 Å². The molecule has 0 fully saturated rings. The van der Waals surface area contributed by atoms with Gasteiger partial charge in [-0.15, -0.1) is 0 Å². The quantitative estimate of drug-likeness (QED) is 0.606. The highest BCUT2D eigenvalue weighted by atomic mass is 19.1. The van der Waals surface area contributed by atoms with Gasteiger partial charge in [0.1, 0.15) is 29.4 Å². The molecule has 1 aromatic carbocycles. The first-order valence-electron chi connectivity index (χ1n) is 9.78. The van der Waals surface area contributed by atoms with Crippen molar-refractivity contribution < 1.29 is 13.9 Å². The van der Waals surface area contributed by atoms with Gasteiger partial charge in [0.05, 0.1) is 12.3 Å². The van der Waals surface area contributed by atoms with Gasteiger partial charge in [-0.3, -0.25) is 4.68 Å². The average molecular weight is 407 g/mol. The molecule has 0 spiro atoms. The second-order valence-electron chi connectivity index (χ2n) is 7.26. The Morgan fingerprint density at radius 3 is 2.90 bits per heavy atom. The summed E-state index contributed by atoms with van der Waals surface area (Å²) in [6, 6.07) is 8.37. The van der Waals surface area contributed by atoms with Crippen molar-refractivity contribution in [3.63, 3.8) is 0 Å². The van der Waals surface area contributed by atoms with Crippen LogP contribution in [0, 0.1) is 17.1 Å². The first-order valence-corrected chi connectivity index (χ1v) is 9.78. The number of anilines is 1. The maximum absolute atomic E-state index is 13.9. The second kappa shape index (κ2) is 8.03. The largest absolute Gasteiger partial charge is 0.493 e. The molecular weight excluding hydrogens is 385 g/mol. The minimum absolute atomic E-state index is 0.209. The van der Waals surface area contributed by atoms with E-state index in [1.807, 2.05) is 0 Å². The topological polar surface area (TPSA) is 99.0 Å². The van der Waals surface area contributed by atoms with Crippen molar-refractivity contribution in [1.82, 2.24) is 14.8 Å². The average Bonchev–Trinajstić information content (AvgIpc) is 3.04. The molecule has 3 aromatic rings. The normalized spacial score (nSPS) is 16.3. The third-order valence-electron chi connectivity index (χ3n) is 5.18. The number of ether oxygens (including phenoxy) is 2. The standard InChI is InChI=1S/C22H22FN5O2/c1-13-16-10-15(23)6-7-19(16)29-8-4-3-5-17-21(18(11-24)28(2)27-17)14-9-20(30-13)22(25)26-12-14/h6-7,9-10,12-13H,3-5,8H2,1-2H3,(H2,25,26)/t13-/m1/s1. The number of rotatable bonds is 0. The fourth-order valence-electron chi connectivity index (χ4n) is 3.67. The summed E-state index contributed by atoms with van der Waals surface area (Å²) < 4.78 is 27.5. The van der Waals surface area contributed by atoms with Gasteiger partial charge in [-0.2, -0.15) is 10.4 Å². The van der Waals surface area contributed by atoms with Crippen LogP contribution >= 0.6 is 0 Å². The summed E-state index contributed by atoms with van der Waals surface area (Å²) in [6.45, 7) is 2.28. The number of hydrogen-bond donors (Lipinski definition) is 1. The Morgan fingerprint density at radius 2 is 2.10 bits per heavy atom. The van der Waals surface area contributed by atoms with Gasteiger partial charge in [-0.1, -0.05) is 0 Å². The zero-order valence-electron chi connectivity index (χ0n) is 16.9. The molecule has 0 aliphatic carbocycles. The lowest BCUT2D eigenvalue weighted by Gasteiger charge is -2.20. The molecule has 8 heteroatoms. The van der Waals surface area contributed by atoms with Gasteiger partial charge < -0.3 is 15.2 Å². The lowest BCUT2D eigenvalue weighted by molar-refractivity contribution is 0.216. The first kappa shape index (κ1) is 19.7. The zero-order chi connectivity index (χ0) is 21.3. The molecule has 4 rings (SSSR count). The van der Waals surface area contributed by atoms with Gasteiger partial charge >= 0.3 is 0 Å². The van der Waals surface area contributed by atoms with Crippen LogP contribution in [0.5, 0.6) is 11.5 Å². The molecule has 2 aromatic heterocycles. The molecule has 1 aliphatic rings. The molecule has 2 bridgehead atoms. The number of nitrogens with two attached hydrogens (primary N) is 1. The van der Waals surface area contributed by atoms with Crippen LogP contribution in [0.25, 0.3) is 11.1 Å². The lowest BCUT2D eigenvalue weighted by atomic mass is 10.0. The predicted molar refractivity (Wildman–Crippen MR) is 109 cm³/mol. The van der Waals surface area contributed by atoms with E-state index in [1.54, 1.807) is 37.0 Å². The highest BCUT2D eigenvalue weighted by Crippen LogP contribution is 2.36. The lowest BCUT2D eigenvalue weighted by Crippen LogP contribution is -2.10. The molecule has 0 amide bonds. The number of pyridine rings is 1. The summed E-state index contributed by atoms with van der Waals surface area (Å²) >= 11 is 0. The Hall–Kier alpha value is -3.60. The number of fused-ring (bicyclic) bond motifs is 5. The zero-order valence-corrected chi connectivity index (χ0v) is 16.9. The Morgan fingerprint density at radius 1 is 1.27 bits per heavy atom. The number of benzene rings is 1. The molecule has 3 heterocycles. The highest BCUT2D eigenvalue weighted by molar-refractivity contribution is 5.73. The highest BCUT2D eigenvalue weighted by Gasteiger charge is 2.22. The molecule has 154 valence electrons. The monoisotopic (exact) mass is 407 g/mol. The summed E-state index contributed by atoms with van der Waals surface area (Å²) in [5.41, 5.74) is 9.35. The summed E-state index contributed by atoms with van der Waals surface area (Å²) in [5.74, 6) is 0.771. The third kappa shape index (κ3) is 3.66.